The van der Waals surface area contributed by atoms with Crippen LogP contribution in [0.2, 0.25) is 0 Å². The molecule has 10 heteroatoms. The van der Waals surface area contributed by atoms with Gasteiger partial charge in [-0.05, 0) is 47.9 Å². The van der Waals surface area contributed by atoms with Crippen molar-refractivity contribution in [3.63, 3.8) is 0 Å². The van der Waals surface area contributed by atoms with E-state index in [9.17, 15) is 19.2 Å². The van der Waals surface area contributed by atoms with Gasteiger partial charge in [-0.3, -0.25) is 24.6 Å². The van der Waals surface area contributed by atoms with Crippen molar-refractivity contribution in [3.05, 3.63) is 100 Å². The molecule has 0 bridgehead atoms. The lowest BCUT2D eigenvalue weighted by atomic mass is 9.99. The summed E-state index contributed by atoms with van der Waals surface area (Å²) in [5.41, 5.74) is 8.33. The van der Waals surface area contributed by atoms with Crippen LogP contribution in [0.15, 0.2) is 66.7 Å². The summed E-state index contributed by atoms with van der Waals surface area (Å²) in [6, 6.07) is 18.3. The number of nitrogens with two attached hydrogens (primary N) is 1. The Balaban J connectivity index is 1.48. The summed E-state index contributed by atoms with van der Waals surface area (Å²) >= 11 is 0. The monoisotopic (exact) mass is 528 g/mol. The minimum Gasteiger partial charge on any atom is -0.457 e. The van der Waals surface area contributed by atoms with E-state index in [0.717, 1.165) is 16.2 Å². The normalized spacial score (nSPS) is 12.4. The van der Waals surface area contributed by atoms with E-state index in [2.05, 4.69) is 5.32 Å². The van der Waals surface area contributed by atoms with Crippen LogP contribution in [0.3, 0.4) is 0 Å². The molecule has 1 aliphatic heterocycles. The summed E-state index contributed by atoms with van der Waals surface area (Å²) in [4.78, 5) is 55.5. The van der Waals surface area contributed by atoms with Crippen LogP contribution in [0, 0.1) is 5.41 Å². The quantitative estimate of drug-likeness (QED) is 0.207. The number of benzene rings is 3. The van der Waals surface area contributed by atoms with Gasteiger partial charge in [0.25, 0.3) is 11.8 Å². The summed E-state index contributed by atoms with van der Waals surface area (Å²) in [7, 11) is 0. The van der Waals surface area contributed by atoms with Crippen molar-refractivity contribution in [2.24, 2.45) is 5.73 Å². The van der Waals surface area contributed by atoms with Crippen molar-refractivity contribution in [1.29, 1.82) is 5.41 Å². The highest BCUT2D eigenvalue weighted by Gasteiger charge is 2.26. The largest absolute Gasteiger partial charge is 0.457 e. The molecule has 4 N–H and O–H groups in total. The number of rotatable bonds is 10. The number of amides is 2. The topological polar surface area (TPSA) is 152 Å². The first-order valence-corrected chi connectivity index (χ1v) is 12.4. The Labute approximate surface area is 225 Å². The zero-order chi connectivity index (χ0) is 27.9. The van der Waals surface area contributed by atoms with Gasteiger partial charge in [0.05, 0.1) is 17.7 Å². The van der Waals surface area contributed by atoms with E-state index in [1.807, 2.05) is 30.3 Å². The zero-order valence-electron chi connectivity index (χ0n) is 21.4. The fraction of sp³-hybridized carbons (Fsp3) is 0.207. The highest BCUT2D eigenvalue weighted by Crippen LogP contribution is 2.24. The standard InChI is InChI=1S/C29H28N4O6/c1-2-22(34)17-39-33-13-12-19-8-10-21(15-24(19)28(33)36)32-27(35)23-11-9-20(14-25(23)26(30)31)29(37)38-16-18-6-4-3-5-7-18/h3-11,14-15H,2,12-13,16-17H2,1H3,(H3,30,31)(H,32,35). The number of amidine groups is 1. The Hall–Kier alpha value is -4.83. The molecule has 39 heavy (non-hydrogen) atoms. The Morgan fingerprint density at radius 1 is 1.03 bits per heavy atom. The van der Waals surface area contributed by atoms with Crippen LogP contribution in [0.5, 0.6) is 0 Å². The van der Waals surface area contributed by atoms with E-state index in [1.54, 1.807) is 19.1 Å². The summed E-state index contributed by atoms with van der Waals surface area (Å²) in [6.07, 6.45) is 0.846. The number of Topliss-reactive ketones (excluding diaryl/α,β-unsaturated/α-hetero) is 1. The lowest BCUT2D eigenvalue weighted by molar-refractivity contribution is -0.149. The molecule has 0 spiro atoms. The zero-order valence-corrected chi connectivity index (χ0v) is 21.4. The van der Waals surface area contributed by atoms with Gasteiger partial charge < -0.3 is 15.8 Å². The van der Waals surface area contributed by atoms with E-state index >= 15 is 0 Å². The molecule has 0 radical (unpaired) electrons. The maximum Gasteiger partial charge on any atom is 0.338 e. The average Bonchev–Trinajstić information content (AvgIpc) is 2.95. The number of carbonyl (C=O) groups is 4. The van der Waals surface area contributed by atoms with Crippen molar-refractivity contribution in [3.8, 4) is 0 Å². The number of nitrogens with one attached hydrogen (secondary N) is 2. The minimum absolute atomic E-state index is 0.0656. The highest BCUT2D eigenvalue weighted by molar-refractivity contribution is 6.13. The molecule has 3 aromatic carbocycles. The van der Waals surface area contributed by atoms with E-state index in [-0.39, 0.29) is 35.7 Å². The van der Waals surface area contributed by atoms with Crippen molar-refractivity contribution in [1.82, 2.24) is 5.06 Å². The number of anilines is 1. The third-order valence-corrected chi connectivity index (χ3v) is 6.19. The molecule has 4 rings (SSSR count). The predicted molar refractivity (Wildman–Crippen MR) is 143 cm³/mol. The van der Waals surface area contributed by atoms with Crippen LogP contribution < -0.4 is 11.1 Å². The first-order chi connectivity index (χ1) is 18.8. The van der Waals surface area contributed by atoms with Crippen LogP contribution in [0.4, 0.5) is 5.69 Å². The molecule has 0 saturated carbocycles. The minimum atomic E-state index is -0.617. The summed E-state index contributed by atoms with van der Waals surface area (Å²) in [5.74, 6) is -2.11. The van der Waals surface area contributed by atoms with E-state index in [4.69, 9.17) is 20.7 Å². The number of ether oxygens (including phenoxy) is 1. The molecule has 200 valence electrons. The molecule has 0 unspecified atom stereocenters. The maximum absolute atomic E-state index is 13.1. The van der Waals surface area contributed by atoms with Gasteiger partial charge in [-0.15, -0.1) is 0 Å². The molecular formula is C29H28N4O6. The van der Waals surface area contributed by atoms with Crippen LogP contribution >= 0.6 is 0 Å². The molecule has 0 aromatic heterocycles. The smallest absolute Gasteiger partial charge is 0.338 e. The summed E-state index contributed by atoms with van der Waals surface area (Å²) in [6.45, 7) is 1.93. The highest BCUT2D eigenvalue weighted by atomic mass is 16.7. The molecule has 0 saturated heterocycles. The number of fused-ring (bicyclic) bond motifs is 1. The molecule has 1 aliphatic rings. The Bertz CT molecular complexity index is 1440. The number of nitrogen functional groups attached to an aromatic ring is 1. The second-order valence-electron chi connectivity index (χ2n) is 8.88. The van der Waals surface area contributed by atoms with Gasteiger partial charge in [0, 0.05) is 23.2 Å². The second kappa shape index (κ2) is 12.1. The maximum atomic E-state index is 13.1. The molecule has 1 heterocycles. The Morgan fingerprint density at radius 3 is 2.51 bits per heavy atom. The van der Waals surface area contributed by atoms with Crippen LogP contribution in [0.1, 0.15) is 61.1 Å². The van der Waals surface area contributed by atoms with Crippen molar-refractivity contribution in [2.45, 2.75) is 26.4 Å². The SMILES string of the molecule is CCC(=O)CON1CCc2ccc(NC(=O)c3ccc(C(=O)OCc4ccccc4)cc3C(=N)N)cc2C1=O. The summed E-state index contributed by atoms with van der Waals surface area (Å²) in [5, 5.41) is 11.8. The van der Waals surface area contributed by atoms with E-state index < -0.39 is 23.6 Å². The fourth-order valence-electron chi connectivity index (χ4n) is 4.00. The van der Waals surface area contributed by atoms with Gasteiger partial charge >= 0.3 is 5.97 Å². The number of hydrogen-bond donors (Lipinski definition) is 3. The van der Waals surface area contributed by atoms with Crippen molar-refractivity contribution in [2.75, 3.05) is 18.5 Å². The van der Waals surface area contributed by atoms with E-state index in [0.29, 0.717) is 30.6 Å². The molecule has 3 aromatic rings. The number of hydroxylamine groups is 2. The van der Waals surface area contributed by atoms with Gasteiger partial charge in [0.2, 0.25) is 0 Å². The fourth-order valence-corrected chi connectivity index (χ4v) is 4.00. The number of ketones is 1. The van der Waals surface area contributed by atoms with E-state index in [1.165, 1.54) is 24.3 Å². The van der Waals surface area contributed by atoms with Crippen LogP contribution in [-0.4, -0.2) is 47.6 Å². The number of carbonyl (C=O) groups excluding carboxylic acids is 4. The van der Waals surface area contributed by atoms with Gasteiger partial charge in [-0.2, -0.15) is 0 Å². The number of nitrogens with zero attached hydrogens (tertiary/aromatic N) is 1. The molecule has 10 nitrogen and oxygen atoms in total. The van der Waals surface area contributed by atoms with Crippen molar-refractivity contribution >= 4 is 35.1 Å². The molecular weight excluding hydrogens is 500 g/mol. The average molecular weight is 529 g/mol. The third kappa shape index (κ3) is 6.55. The Kier molecular flexibility index (Phi) is 8.47. The molecule has 2 amide bonds. The third-order valence-electron chi connectivity index (χ3n) is 6.19. The first-order valence-electron chi connectivity index (χ1n) is 12.4. The van der Waals surface area contributed by atoms with Crippen LogP contribution in [0.25, 0.3) is 0 Å². The van der Waals surface area contributed by atoms with Gasteiger partial charge in [-0.1, -0.05) is 43.3 Å². The van der Waals surface area contributed by atoms with Crippen molar-refractivity contribution < 1.29 is 28.8 Å². The molecule has 0 fully saturated rings. The van der Waals surface area contributed by atoms with Gasteiger partial charge in [0.1, 0.15) is 19.0 Å². The lowest BCUT2D eigenvalue weighted by Gasteiger charge is -2.27. The summed E-state index contributed by atoms with van der Waals surface area (Å²) < 4.78 is 5.34. The second-order valence-corrected chi connectivity index (χ2v) is 8.88. The lowest BCUT2D eigenvalue weighted by Crippen LogP contribution is -2.38. The van der Waals surface area contributed by atoms with Crippen LogP contribution in [-0.2, 0) is 27.4 Å². The van der Waals surface area contributed by atoms with Gasteiger partial charge in [-0.25, -0.2) is 9.86 Å². The number of hydrogen-bond acceptors (Lipinski definition) is 7. The Morgan fingerprint density at radius 2 is 1.79 bits per heavy atom. The molecule has 0 aliphatic carbocycles. The number of esters is 1. The first kappa shape index (κ1) is 27.2. The molecule has 0 atom stereocenters. The predicted octanol–water partition coefficient (Wildman–Crippen LogP) is 3.49. The van der Waals surface area contributed by atoms with Gasteiger partial charge in [0.15, 0.2) is 5.78 Å².